The highest BCUT2D eigenvalue weighted by Gasteiger charge is 2.39. The summed E-state index contributed by atoms with van der Waals surface area (Å²) in [6, 6.07) is 6.99. The number of pyridine rings is 2. The van der Waals surface area contributed by atoms with Gasteiger partial charge in [0.1, 0.15) is 16.1 Å². The summed E-state index contributed by atoms with van der Waals surface area (Å²) >= 11 is 1.38. The monoisotopic (exact) mass is 567 g/mol. The quantitative estimate of drug-likeness (QED) is 0.406. The molecule has 3 aromatic heterocycles. The smallest absolute Gasteiger partial charge is 0.256 e. The van der Waals surface area contributed by atoms with Gasteiger partial charge in [0, 0.05) is 38.3 Å². The Kier molecular flexibility index (Phi) is 9.48. The Morgan fingerprint density at radius 2 is 2.03 bits per heavy atom. The molecular formula is C23H27Cl2N7O4S. The Balaban J connectivity index is 0.00000190. The number of nitrogens with zero attached hydrogens (tertiary/aromatic N) is 5. The number of carbonyl (C=O) groups excluding carboxylic acids is 2. The van der Waals surface area contributed by atoms with Crippen molar-refractivity contribution in [3.05, 3.63) is 36.2 Å². The number of likely N-dealkylation sites (tertiary alicyclic amines) is 1. The molecule has 2 aliphatic rings. The van der Waals surface area contributed by atoms with Gasteiger partial charge in [0.15, 0.2) is 0 Å². The summed E-state index contributed by atoms with van der Waals surface area (Å²) in [4.78, 5) is 35.5. The summed E-state index contributed by atoms with van der Waals surface area (Å²) in [6.07, 6.45) is 2.86. The molecule has 11 nitrogen and oxygen atoms in total. The highest BCUT2D eigenvalue weighted by molar-refractivity contribution is 8.00. The molecule has 0 aliphatic carbocycles. The number of piperidine rings is 1. The van der Waals surface area contributed by atoms with Crippen LogP contribution in [0.2, 0.25) is 0 Å². The number of aromatic nitrogens is 4. The van der Waals surface area contributed by atoms with E-state index in [0.717, 1.165) is 10.7 Å². The van der Waals surface area contributed by atoms with Gasteiger partial charge in [-0.25, -0.2) is 4.98 Å². The lowest BCUT2D eigenvalue weighted by Crippen LogP contribution is -2.52. The minimum atomic E-state index is -1.47. The van der Waals surface area contributed by atoms with Gasteiger partial charge in [0.05, 0.1) is 35.4 Å². The van der Waals surface area contributed by atoms with Crippen LogP contribution in [0, 0.1) is 0 Å². The summed E-state index contributed by atoms with van der Waals surface area (Å²) in [5.74, 6) is 0.276. The molecule has 1 saturated heterocycles. The average molecular weight is 568 g/mol. The van der Waals surface area contributed by atoms with E-state index < -0.39 is 11.5 Å². The van der Waals surface area contributed by atoms with E-state index in [1.165, 1.54) is 18.9 Å². The van der Waals surface area contributed by atoms with Gasteiger partial charge in [0.2, 0.25) is 11.8 Å². The highest BCUT2D eigenvalue weighted by atomic mass is 35.5. The summed E-state index contributed by atoms with van der Waals surface area (Å²) in [6.45, 7) is 1.85. The maximum Gasteiger partial charge on any atom is 0.256 e. The van der Waals surface area contributed by atoms with Crippen molar-refractivity contribution in [2.75, 3.05) is 43.1 Å². The number of methoxy groups -OCH3 is 1. The lowest BCUT2D eigenvalue weighted by Gasteiger charge is -2.37. The molecule has 0 aromatic carbocycles. The van der Waals surface area contributed by atoms with Crippen LogP contribution in [0.25, 0.3) is 11.0 Å². The zero-order valence-electron chi connectivity index (χ0n) is 20.0. The Morgan fingerprint density at radius 3 is 2.78 bits per heavy atom. The molecule has 198 valence electrons. The van der Waals surface area contributed by atoms with Gasteiger partial charge < -0.3 is 25.4 Å². The van der Waals surface area contributed by atoms with Gasteiger partial charge in [-0.05, 0) is 31.0 Å². The van der Waals surface area contributed by atoms with Gasteiger partial charge in [-0.2, -0.15) is 5.10 Å². The first-order chi connectivity index (χ1) is 16.9. The summed E-state index contributed by atoms with van der Waals surface area (Å²) in [5, 5.41) is 25.9. The predicted molar refractivity (Wildman–Crippen MR) is 145 cm³/mol. The molecule has 5 heterocycles. The molecule has 5 rings (SSSR count). The number of anilines is 2. The molecular weight excluding hydrogens is 541 g/mol. The van der Waals surface area contributed by atoms with Gasteiger partial charge >= 0.3 is 0 Å². The number of fused-ring (bicyclic) bond motifs is 2. The average Bonchev–Trinajstić information content (AvgIpc) is 2.88. The Morgan fingerprint density at radius 1 is 1.24 bits per heavy atom. The first kappa shape index (κ1) is 28.8. The molecule has 1 fully saturated rings. The molecule has 37 heavy (non-hydrogen) atoms. The number of nitrogens with one attached hydrogen (secondary N) is 2. The molecule has 0 saturated carbocycles. The van der Waals surface area contributed by atoms with Crippen molar-refractivity contribution in [1.82, 2.24) is 25.1 Å². The maximum absolute atomic E-state index is 13.0. The largest absolute Gasteiger partial charge is 0.481 e. The molecule has 0 unspecified atom stereocenters. The van der Waals surface area contributed by atoms with Crippen LogP contribution in [0.5, 0.6) is 5.88 Å². The number of halogens is 2. The van der Waals surface area contributed by atoms with E-state index in [0.29, 0.717) is 72.9 Å². The number of rotatable bonds is 6. The number of hydrogen-bond donors (Lipinski definition) is 3. The zero-order valence-corrected chi connectivity index (χ0v) is 22.4. The molecule has 0 spiro atoms. The molecule has 0 bridgehead atoms. The molecule has 3 aromatic rings. The minimum Gasteiger partial charge on any atom is -0.481 e. The standard InChI is InChI=1S/C23H25N7O4S.2ClH/c1-34-19-3-2-15-20(27-19)16(4-8-24-15)26-22(32)23(33)6-10-30(11-7-23)9-5-14-12-17-21(29-28-14)35-13-18(31)25-17;;/h2-4,8,12,33H,5-7,9-11,13H2,1H3,(H,25,31)(H,24,26,32);2*1H. The SMILES string of the molecule is COc1ccc2nccc(NC(=O)C3(O)CCN(CCc4cc5c(nn4)SCC(=O)N5)CC3)c2n1.Cl.Cl. The number of hydrogen-bond acceptors (Lipinski definition) is 10. The normalized spacial score (nSPS) is 16.5. The van der Waals surface area contributed by atoms with Crippen molar-refractivity contribution in [2.45, 2.75) is 29.9 Å². The van der Waals surface area contributed by atoms with Crippen LogP contribution in [-0.4, -0.2) is 80.1 Å². The molecule has 2 aliphatic heterocycles. The first-order valence-corrected chi connectivity index (χ1v) is 12.3. The van der Waals surface area contributed by atoms with Crippen molar-refractivity contribution >= 4 is 70.8 Å². The van der Waals surface area contributed by atoms with Crippen molar-refractivity contribution in [2.24, 2.45) is 0 Å². The van der Waals surface area contributed by atoms with Crippen LogP contribution < -0.4 is 15.4 Å². The van der Waals surface area contributed by atoms with Crippen LogP contribution in [0.1, 0.15) is 18.5 Å². The third-order valence-corrected chi connectivity index (χ3v) is 7.21. The Hall–Kier alpha value is -2.77. The second kappa shape index (κ2) is 12.2. The summed E-state index contributed by atoms with van der Waals surface area (Å²) in [5.41, 5.74) is 1.62. The zero-order chi connectivity index (χ0) is 24.4. The van der Waals surface area contributed by atoms with Gasteiger partial charge in [0.25, 0.3) is 5.91 Å². The van der Waals surface area contributed by atoms with E-state index >= 15 is 0 Å². The number of thioether (sulfide) groups is 1. The van der Waals surface area contributed by atoms with Crippen LogP contribution in [0.4, 0.5) is 11.4 Å². The lowest BCUT2D eigenvalue weighted by molar-refractivity contribution is -0.138. The fourth-order valence-electron chi connectivity index (χ4n) is 4.17. The summed E-state index contributed by atoms with van der Waals surface area (Å²) < 4.78 is 5.18. The lowest BCUT2D eigenvalue weighted by atomic mass is 9.90. The Labute approximate surface area is 230 Å². The summed E-state index contributed by atoms with van der Waals surface area (Å²) in [7, 11) is 1.52. The number of ether oxygens (including phenoxy) is 1. The maximum atomic E-state index is 13.0. The van der Waals surface area contributed by atoms with Gasteiger partial charge in [-0.3, -0.25) is 14.6 Å². The van der Waals surface area contributed by atoms with E-state index in [4.69, 9.17) is 4.74 Å². The molecule has 2 amide bonds. The molecule has 14 heteroatoms. The van der Waals surface area contributed by atoms with E-state index in [1.807, 2.05) is 6.07 Å². The molecule has 0 radical (unpaired) electrons. The third kappa shape index (κ3) is 6.39. The molecule has 0 atom stereocenters. The number of amides is 2. The van der Waals surface area contributed by atoms with E-state index in [1.54, 1.807) is 24.4 Å². The van der Waals surface area contributed by atoms with Gasteiger partial charge in [-0.1, -0.05) is 11.8 Å². The van der Waals surface area contributed by atoms with E-state index in [-0.39, 0.29) is 30.7 Å². The van der Waals surface area contributed by atoms with Crippen molar-refractivity contribution in [1.29, 1.82) is 0 Å². The second-order valence-corrected chi connectivity index (χ2v) is 9.51. The fourth-order valence-corrected chi connectivity index (χ4v) is 4.87. The number of aliphatic hydroxyl groups is 1. The molecule has 3 N–H and O–H groups in total. The third-order valence-electron chi connectivity index (χ3n) is 6.23. The topological polar surface area (TPSA) is 142 Å². The van der Waals surface area contributed by atoms with Crippen LogP contribution in [-0.2, 0) is 16.0 Å². The second-order valence-electron chi connectivity index (χ2n) is 8.55. The van der Waals surface area contributed by atoms with Crippen LogP contribution in [0.15, 0.2) is 35.5 Å². The van der Waals surface area contributed by atoms with Crippen LogP contribution in [0.3, 0.4) is 0 Å². The van der Waals surface area contributed by atoms with E-state index in [2.05, 4.69) is 35.7 Å². The number of carbonyl (C=O) groups is 2. The van der Waals surface area contributed by atoms with Gasteiger partial charge in [-0.15, -0.1) is 29.9 Å². The van der Waals surface area contributed by atoms with Crippen molar-refractivity contribution < 1.29 is 19.4 Å². The van der Waals surface area contributed by atoms with Crippen molar-refractivity contribution in [3.8, 4) is 5.88 Å². The highest BCUT2D eigenvalue weighted by Crippen LogP contribution is 2.30. The van der Waals surface area contributed by atoms with E-state index in [9.17, 15) is 14.7 Å². The van der Waals surface area contributed by atoms with Crippen molar-refractivity contribution in [3.63, 3.8) is 0 Å². The van der Waals surface area contributed by atoms with Crippen LogP contribution >= 0.6 is 36.6 Å². The fraction of sp³-hybridized carbons (Fsp3) is 0.391. The minimum absolute atomic E-state index is 0. The first-order valence-electron chi connectivity index (χ1n) is 11.3. The predicted octanol–water partition coefficient (Wildman–Crippen LogP) is 2.32. The Bertz CT molecular complexity index is 1290.